The molecule has 0 saturated carbocycles. The zero-order valence-corrected chi connectivity index (χ0v) is 40.0. The van der Waals surface area contributed by atoms with Crippen LogP contribution in [0, 0.1) is 23.7 Å². The number of carboxylic acid groups (broad SMARTS) is 3. The summed E-state index contributed by atoms with van der Waals surface area (Å²) in [7, 11) is 0. The van der Waals surface area contributed by atoms with E-state index in [1.165, 1.54) is 4.90 Å². The van der Waals surface area contributed by atoms with Gasteiger partial charge in [-0.1, -0.05) is 61.8 Å². The standard InChI is InChI=1S/C43H72N10O15/c1-9-23(8)35(41(65)50-33(21(4)5)40(64)48-26(43(67)68)13-15-32(58)59)52-37(61)25(12-14-31(56)57)47-30(55)19-46-39(63)28-11-10-16-53(28)42(66)34(22(6)7)51-38(62)27(18-29(45)54)49-36(60)24(44)17-20(2)3/h20-28,33-35H,9-19,44H2,1-8H3,(H2,45,54)(H,46,63)(H,47,55)(H,48,64)(H,49,60)(H,50,65)(H,51,62)(H,52,61)(H,56,57)(H,58,59)(H,67,68)/t23-,24-,25-,26-,27-,28-,33-,34-,35-/m0/s1. The molecule has 68 heavy (non-hydrogen) atoms. The van der Waals surface area contributed by atoms with E-state index in [1.807, 2.05) is 13.8 Å². The Bertz CT molecular complexity index is 1840. The van der Waals surface area contributed by atoms with E-state index in [2.05, 4.69) is 37.2 Å². The van der Waals surface area contributed by atoms with Crippen molar-refractivity contribution < 1.29 is 72.9 Å². The number of carbonyl (C=O) groups is 12. The van der Waals surface area contributed by atoms with Crippen molar-refractivity contribution in [1.29, 1.82) is 0 Å². The van der Waals surface area contributed by atoms with Crippen LogP contribution in [0.3, 0.4) is 0 Å². The molecule has 0 aromatic heterocycles. The number of hydrogen-bond acceptors (Lipinski definition) is 13. The van der Waals surface area contributed by atoms with Crippen molar-refractivity contribution >= 4 is 71.1 Å². The lowest BCUT2D eigenvalue weighted by molar-refractivity contribution is -0.144. The van der Waals surface area contributed by atoms with Crippen LogP contribution in [0.1, 0.15) is 113 Å². The molecule has 14 N–H and O–H groups in total. The van der Waals surface area contributed by atoms with Gasteiger partial charge in [-0.25, -0.2) is 4.79 Å². The van der Waals surface area contributed by atoms with Crippen LogP contribution in [0.15, 0.2) is 0 Å². The summed E-state index contributed by atoms with van der Waals surface area (Å²) in [4.78, 5) is 155. The van der Waals surface area contributed by atoms with Gasteiger partial charge in [0.15, 0.2) is 0 Å². The number of carbonyl (C=O) groups excluding carboxylic acids is 9. The van der Waals surface area contributed by atoms with E-state index in [1.54, 1.807) is 41.5 Å². The average molecular weight is 969 g/mol. The molecule has 25 nitrogen and oxygen atoms in total. The summed E-state index contributed by atoms with van der Waals surface area (Å²) in [6, 6.07) is -10.6. The maximum atomic E-state index is 13.9. The van der Waals surface area contributed by atoms with Crippen molar-refractivity contribution in [3.05, 3.63) is 0 Å². The lowest BCUT2D eigenvalue weighted by Gasteiger charge is -2.31. The molecule has 1 heterocycles. The molecule has 1 aliphatic heterocycles. The Kier molecular flexibility index (Phi) is 25.2. The second kappa shape index (κ2) is 28.7. The Hall–Kier alpha value is -6.40. The highest BCUT2D eigenvalue weighted by molar-refractivity contribution is 5.98. The van der Waals surface area contributed by atoms with Crippen LogP contribution in [0.4, 0.5) is 0 Å². The van der Waals surface area contributed by atoms with Gasteiger partial charge in [-0.05, 0) is 55.8 Å². The smallest absolute Gasteiger partial charge is 0.326 e. The average Bonchev–Trinajstić information content (AvgIpc) is 3.74. The van der Waals surface area contributed by atoms with Crippen LogP contribution in [-0.4, -0.2) is 153 Å². The lowest BCUT2D eigenvalue weighted by atomic mass is 9.95. The van der Waals surface area contributed by atoms with Gasteiger partial charge in [0, 0.05) is 19.4 Å². The Morgan fingerprint density at radius 1 is 0.632 bits per heavy atom. The van der Waals surface area contributed by atoms with Gasteiger partial charge in [-0.2, -0.15) is 0 Å². The number of rotatable bonds is 30. The molecular formula is C43H72N10O15. The van der Waals surface area contributed by atoms with E-state index in [0.717, 1.165) is 0 Å². The molecule has 1 rings (SSSR count). The first-order valence-electron chi connectivity index (χ1n) is 22.7. The van der Waals surface area contributed by atoms with Gasteiger partial charge in [0.05, 0.1) is 19.0 Å². The molecule has 0 aromatic carbocycles. The molecule has 25 heteroatoms. The minimum absolute atomic E-state index is 0.0459. The summed E-state index contributed by atoms with van der Waals surface area (Å²) in [6.45, 7) is 12.7. The fourth-order valence-electron chi connectivity index (χ4n) is 7.14. The topological polar surface area (TPSA) is 405 Å². The minimum Gasteiger partial charge on any atom is -0.481 e. The van der Waals surface area contributed by atoms with E-state index in [0.29, 0.717) is 12.8 Å². The molecule has 0 aromatic rings. The predicted octanol–water partition coefficient (Wildman–Crippen LogP) is -2.58. The van der Waals surface area contributed by atoms with Gasteiger partial charge in [-0.15, -0.1) is 0 Å². The third-order valence-corrected chi connectivity index (χ3v) is 11.2. The van der Waals surface area contributed by atoms with Gasteiger partial charge in [-0.3, -0.25) is 52.7 Å². The van der Waals surface area contributed by atoms with Crippen molar-refractivity contribution in [2.24, 2.45) is 35.1 Å². The highest BCUT2D eigenvalue weighted by Gasteiger charge is 2.40. The summed E-state index contributed by atoms with van der Waals surface area (Å²) in [5, 5.41) is 44.9. The number of hydrogen-bond donors (Lipinski definition) is 12. The van der Waals surface area contributed by atoms with Crippen LogP contribution in [0.25, 0.3) is 0 Å². The van der Waals surface area contributed by atoms with Crippen molar-refractivity contribution in [3.8, 4) is 0 Å². The number of likely N-dealkylation sites (tertiary alicyclic amines) is 1. The fourth-order valence-corrected chi connectivity index (χ4v) is 7.14. The van der Waals surface area contributed by atoms with Crippen LogP contribution >= 0.6 is 0 Å². The number of nitrogens with two attached hydrogens (primary N) is 2. The zero-order valence-electron chi connectivity index (χ0n) is 40.0. The number of amides is 9. The molecular weight excluding hydrogens is 897 g/mol. The Morgan fingerprint density at radius 3 is 1.63 bits per heavy atom. The third-order valence-electron chi connectivity index (χ3n) is 11.2. The molecule has 9 amide bonds. The normalized spacial score (nSPS) is 17.0. The molecule has 9 atom stereocenters. The quantitative estimate of drug-likeness (QED) is 0.0352. The van der Waals surface area contributed by atoms with E-state index in [4.69, 9.17) is 16.6 Å². The minimum atomic E-state index is -1.58. The highest BCUT2D eigenvalue weighted by atomic mass is 16.4. The second-order valence-electron chi connectivity index (χ2n) is 18.1. The largest absolute Gasteiger partial charge is 0.481 e. The maximum Gasteiger partial charge on any atom is 0.326 e. The van der Waals surface area contributed by atoms with Crippen LogP contribution in [0.5, 0.6) is 0 Å². The molecule has 384 valence electrons. The Labute approximate surface area is 395 Å². The van der Waals surface area contributed by atoms with Crippen LogP contribution < -0.4 is 48.7 Å². The Balaban J connectivity index is 3.17. The molecule has 0 bridgehead atoms. The summed E-state index contributed by atoms with van der Waals surface area (Å²) in [5.74, 6) is -13.5. The maximum absolute atomic E-state index is 13.9. The summed E-state index contributed by atoms with van der Waals surface area (Å²) in [5.41, 5.74) is 11.3. The fraction of sp³-hybridized carbons (Fsp3) is 0.721. The first-order valence-corrected chi connectivity index (χ1v) is 22.7. The second-order valence-corrected chi connectivity index (χ2v) is 18.1. The summed E-state index contributed by atoms with van der Waals surface area (Å²) >= 11 is 0. The van der Waals surface area contributed by atoms with Crippen molar-refractivity contribution in [1.82, 2.24) is 42.1 Å². The molecule has 1 fully saturated rings. The SMILES string of the molecule is CC[C@H](C)[C@H](NC(=O)[C@H](CCC(=O)O)NC(=O)CNC(=O)[C@@H]1CCCN1C(=O)[C@@H](NC(=O)[C@H](CC(N)=O)NC(=O)[C@@H](N)CC(C)C)C(C)C)C(=O)N[C@H](C(=O)N[C@@H](CCC(=O)O)C(=O)O)C(C)C. The first kappa shape index (κ1) is 59.6. The molecule has 0 aliphatic carbocycles. The molecule has 0 spiro atoms. The van der Waals surface area contributed by atoms with Crippen LogP contribution in [0.2, 0.25) is 0 Å². The van der Waals surface area contributed by atoms with Gasteiger partial charge >= 0.3 is 17.9 Å². The zero-order chi connectivity index (χ0) is 52.2. The predicted molar refractivity (Wildman–Crippen MR) is 241 cm³/mol. The molecule has 1 saturated heterocycles. The van der Waals surface area contributed by atoms with Crippen molar-refractivity contribution in [3.63, 3.8) is 0 Å². The number of aliphatic carboxylic acids is 3. The van der Waals surface area contributed by atoms with Gasteiger partial charge in [0.2, 0.25) is 53.2 Å². The van der Waals surface area contributed by atoms with Gasteiger partial charge in [0.25, 0.3) is 0 Å². The van der Waals surface area contributed by atoms with Crippen LogP contribution in [-0.2, 0) is 57.5 Å². The number of primary amides is 1. The van der Waals surface area contributed by atoms with E-state index < -0.39 is 176 Å². The first-order chi connectivity index (χ1) is 31.6. The monoisotopic (exact) mass is 969 g/mol. The number of nitrogens with one attached hydrogen (secondary N) is 7. The van der Waals surface area contributed by atoms with E-state index in [9.17, 15) is 67.7 Å². The van der Waals surface area contributed by atoms with E-state index >= 15 is 0 Å². The Morgan fingerprint density at radius 2 is 1.13 bits per heavy atom. The molecule has 0 radical (unpaired) electrons. The van der Waals surface area contributed by atoms with Gasteiger partial charge in [0.1, 0.15) is 42.3 Å². The summed E-state index contributed by atoms with van der Waals surface area (Å²) in [6.07, 6.45) is -1.54. The lowest BCUT2D eigenvalue weighted by Crippen LogP contribution is -2.60. The van der Waals surface area contributed by atoms with Crippen molar-refractivity contribution in [2.75, 3.05) is 13.1 Å². The van der Waals surface area contributed by atoms with E-state index in [-0.39, 0.29) is 25.3 Å². The number of carboxylic acids is 3. The molecule has 0 unspecified atom stereocenters. The van der Waals surface area contributed by atoms with Gasteiger partial charge < -0.3 is 68.9 Å². The number of nitrogens with zero attached hydrogens (tertiary/aromatic N) is 1. The highest BCUT2D eigenvalue weighted by Crippen LogP contribution is 2.21. The third kappa shape index (κ3) is 20.2. The van der Waals surface area contributed by atoms with Crippen molar-refractivity contribution in [2.45, 2.75) is 162 Å². The molecule has 1 aliphatic rings. The summed E-state index contributed by atoms with van der Waals surface area (Å²) < 4.78 is 0.